The van der Waals surface area contributed by atoms with Gasteiger partial charge in [0.15, 0.2) is 11.5 Å². The zero-order valence-corrected chi connectivity index (χ0v) is 11.7. The Bertz CT molecular complexity index is 542. The Labute approximate surface area is 117 Å². The van der Waals surface area contributed by atoms with Gasteiger partial charge in [-0.25, -0.2) is 4.79 Å². The number of nitrogens with one attached hydrogen (secondary N) is 1. The molecule has 1 heterocycles. The lowest BCUT2D eigenvalue weighted by Gasteiger charge is -2.27. The second-order valence-corrected chi connectivity index (χ2v) is 4.87. The zero-order chi connectivity index (χ0) is 14.8. The summed E-state index contributed by atoms with van der Waals surface area (Å²) in [5, 5.41) is 2.64. The summed E-state index contributed by atoms with van der Waals surface area (Å²) < 4.78 is 15.3. The number of carbonyl (C=O) groups excluding carboxylic acids is 2. The Morgan fingerprint density at radius 2 is 2.05 bits per heavy atom. The molecule has 6 nitrogen and oxygen atoms in total. The van der Waals surface area contributed by atoms with Gasteiger partial charge in [-0.15, -0.1) is 0 Å². The highest BCUT2D eigenvalue weighted by Crippen LogP contribution is 2.33. The number of amides is 1. The van der Waals surface area contributed by atoms with E-state index in [1.165, 1.54) is 14.0 Å². The van der Waals surface area contributed by atoms with E-state index >= 15 is 0 Å². The van der Waals surface area contributed by atoms with Gasteiger partial charge in [-0.2, -0.15) is 0 Å². The quantitative estimate of drug-likeness (QED) is 0.833. The van der Waals surface area contributed by atoms with Crippen LogP contribution in [0.3, 0.4) is 0 Å². The topological polar surface area (TPSA) is 73.9 Å². The van der Waals surface area contributed by atoms with Gasteiger partial charge >= 0.3 is 5.97 Å². The van der Waals surface area contributed by atoms with E-state index in [0.29, 0.717) is 17.9 Å². The third-order valence-corrected chi connectivity index (χ3v) is 3.08. The van der Waals surface area contributed by atoms with Gasteiger partial charge in [0.1, 0.15) is 5.54 Å². The lowest BCUT2D eigenvalue weighted by molar-refractivity contribution is -0.149. The monoisotopic (exact) mass is 279 g/mol. The molecule has 0 aliphatic carbocycles. The number of ether oxygens (including phenoxy) is 3. The number of methoxy groups -OCH3 is 1. The average molecular weight is 279 g/mol. The molecule has 0 bridgehead atoms. The van der Waals surface area contributed by atoms with Crippen molar-refractivity contribution in [3.8, 4) is 11.5 Å². The fourth-order valence-corrected chi connectivity index (χ4v) is 2.24. The second kappa shape index (κ2) is 5.40. The van der Waals surface area contributed by atoms with E-state index in [0.717, 1.165) is 5.56 Å². The lowest BCUT2D eigenvalue weighted by Crippen LogP contribution is -2.53. The lowest BCUT2D eigenvalue weighted by atomic mass is 9.92. The summed E-state index contributed by atoms with van der Waals surface area (Å²) >= 11 is 0. The van der Waals surface area contributed by atoms with Crippen LogP contribution in [0, 0.1) is 0 Å². The van der Waals surface area contributed by atoms with E-state index in [1.807, 2.05) is 6.07 Å². The molecular formula is C14H17NO5. The summed E-state index contributed by atoms with van der Waals surface area (Å²) in [7, 11) is 1.29. The molecule has 1 aromatic rings. The molecule has 0 fully saturated rings. The highest BCUT2D eigenvalue weighted by Gasteiger charge is 2.35. The van der Waals surface area contributed by atoms with Gasteiger partial charge in [0.05, 0.1) is 7.11 Å². The summed E-state index contributed by atoms with van der Waals surface area (Å²) in [5.74, 6) is 0.523. The molecule has 1 N–H and O–H groups in total. The average Bonchev–Trinajstić information content (AvgIpc) is 2.84. The summed E-state index contributed by atoms with van der Waals surface area (Å²) in [4.78, 5) is 23.2. The van der Waals surface area contributed by atoms with Crippen LogP contribution in [0.5, 0.6) is 11.5 Å². The maximum absolute atomic E-state index is 11.9. The van der Waals surface area contributed by atoms with E-state index in [2.05, 4.69) is 5.32 Å². The van der Waals surface area contributed by atoms with Gasteiger partial charge in [-0.1, -0.05) is 6.07 Å². The predicted molar refractivity (Wildman–Crippen MR) is 70.5 cm³/mol. The van der Waals surface area contributed by atoms with E-state index in [-0.39, 0.29) is 12.7 Å². The molecule has 0 radical (unpaired) electrons. The number of rotatable bonds is 4. The van der Waals surface area contributed by atoms with Crippen LogP contribution < -0.4 is 14.8 Å². The Hall–Kier alpha value is -2.24. The number of benzene rings is 1. The molecule has 20 heavy (non-hydrogen) atoms. The third-order valence-electron chi connectivity index (χ3n) is 3.08. The van der Waals surface area contributed by atoms with Gasteiger partial charge in [-0.3, -0.25) is 4.79 Å². The van der Waals surface area contributed by atoms with Crippen LogP contribution in [-0.4, -0.2) is 31.3 Å². The predicted octanol–water partition coefficient (Wildman–Crippen LogP) is 1.03. The summed E-state index contributed by atoms with van der Waals surface area (Å²) in [5.41, 5.74) is -0.273. The van der Waals surface area contributed by atoms with Gasteiger partial charge in [0, 0.05) is 13.3 Å². The Balaban J connectivity index is 2.23. The van der Waals surface area contributed by atoms with Crippen LogP contribution in [0.1, 0.15) is 19.4 Å². The number of esters is 1. The van der Waals surface area contributed by atoms with Crippen molar-refractivity contribution in [1.82, 2.24) is 5.32 Å². The van der Waals surface area contributed by atoms with Crippen molar-refractivity contribution >= 4 is 11.9 Å². The molecule has 1 amide bonds. The molecule has 0 aromatic heterocycles. The van der Waals surface area contributed by atoms with Crippen LogP contribution in [0.2, 0.25) is 0 Å². The van der Waals surface area contributed by atoms with Crippen molar-refractivity contribution < 1.29 is 23.8 Å². The van der Waals surface area contributed by atoms with Crippen molar-refractivity contribution in [2.75, 3.05) is 13.9 Å². The van der Waals surface area contributed by atoms with Crippen molar-refractivity contribution in [3.05, 3.63) is 23.8 Å². The van der Waals surface area contributed by atoms with E-state index in [4.69, 9.17) is 14.2 Å². The van der Waals surface area contributed by atoms with Crippen LogP contribution >= 0.6 is 0 Å². The molecule has 1 atom stereocenters. The molecule has 6 heteroatoms. The van der Waals surface area contributed by atoms with Gasteiger partial charge in [0.25, 0.3) is 0 Å². The fraction of sp³-hybridized carbons (Fsp3) is 0.429. The van der Waals surface area contributed by atoms with Gasteiger partial charge in [0.2, 0.25) is 12.7 Å². The highest BCUT2D eigenvalue weighted by molar-refractivity contribution is 5.87. The Morgan fingerprint density at radius 3 is 2.70 bits per heavy atom. The molecular weight excluding hydrogens is 262 g/mol. The molecule has 2 rings (SSSR count). The van der Waals surface area contributed by atoms with E-state index < -0.39 is 11.5 Å². The minimum absolute atomic E-state index is 0.193. The van der Waals surface area contributed by atoms with Crippen LogP contribution in [0.15, 0.2) is 18.2 Å². The van der Waals surface area contributed by atoms with Crippen molar-refractivity contribution in [2.24, 2.45) is 0 Å². The second-order valence-electron chi connectivity index (χ2n) is 4.87. The summed E-state index contributed by atoms with van der Waals surface area (Å²) in [6, 6.07) is 5.41. The SMILES string of the molecule is COC(=O)C(C)(Cc1ccc2c(c1)OCO2)NC(C)=O. The van der Waals surface area contributed by atoms with Crippen molar-refractivity contribution in [3.63, 3.8) is 0 Å². The molecule has 1 aromatic carbocycles. The molecule has 0 spiro atoms. The minimum atomic E-state index is -1.12. The minimum Gasteiger partial charge on any atom is -0.467 e. The Kier molecular flexibility index (Phi) is 3.83. The first-order valence-corrected chi connectivity index (χ1v) is 6.20. The molecule has 1 aliphatic rings. The van der Waals surface area contributed by atoms with Crippen LogP contribution in [-0.2, 0) is 20.7 Å². The molecule has 1 aliphatic heterocycles. The molecule has 0 saturated heterocycles. The summed E-state index contributed by atoms with van der Waals surface area (Å²) in [6.45, 7) is 3.18. The number of carbonyl (C=O) groups is 2. The largest absolute Gasteiger partial charge is 0.467 e. The Morgan fingerprint density at radius 1 is 1.35 bits per heavy atom. The standard InChI is InChI=1S/C14H17NO5/c1-9(16)15-14(2,13(17)18-3)7-10-4-5-11-12(6-10)20-8-19-11/h4-6H,7-8H2,1-3H3,(H,15,16). The molecule has 1 unspecified atom stereocenters. The highest BCUT2D eigenvalue weighted by atomic mass is 16.7. The smallest absolute Gasteiger partial charge is 0.331 e. The van der Waals surface area contributed by atoms with Gasteiger partial charge < -0.3 is 19.5 Å². The number of hydrogen-bond donors (Lipinski definition) is 1. The van der Waals surface area contributed by atoms with E-state index in [1.54, 1.807) is 19.1 Å². The maximum Gasteiger partial charge on any atom is 0.331 e. The van der Waals surface area contributed by atoms with Crippen molar-refractivity contribution in [1.29, 1.82) is 0 Å². The first kappa shape index (κ1) is 14.2. The van der Waals surface area contributed by atoms with Crippen molar-refractivity contribution in [2.45, 2.75) is 25.8 Å². The number of hydrogen-bond acceptors (Lipinski definition) is 5. The van der Waals surface area contributed by atoms with Gasteiger partial charge in [-0.05, 0) is 24.6 Å². The zero-order valence-electron chi connectivity index (χ0n) is 11.7. The third kappa shape index (κ3) is 2.84. The van der Waals surface area contributed by atoms with Crippen LogP contribution in [0.25, 0.3) is 0 Å². The maximum atomic E-state index is 11.9. The van der Waals surface area contributed by atoms with E-state index in [9.17, 15) is 9.59 Å². The molecule has 0 saturated carbocycles. The first-order chi connectivity index (χ1) is 9.44. The summed E-state index contributed by atoms with van der Waals surface area (Å²) in [6.07, 6.45) is 0.301. The first-order valence-electron chi connectivity index (χ1n) is 6.20. The van der Waals surface area contributed by atoms with Crippen LogP contribution in [0.4, 0.5) is 0 Å². The number of fused-ring (bicyclic) bond motifs is 1. The fourth-order valence-electron chi connectivity index (χ4n) is 2.24. The molecule has 108 valence electrons. The normalized spacial score (nSPS) is 15.3.